The van der Waals surface area contributed by atoms with Crippen molar-refractivity contribution >= 4 is 0 Å². The van der Waals surface area contributed by atoms with Gasteiger partial charge in [-0.05, 0) is 30.5 Å². The van der Waals surface area contributed by atoms with Crippen LogP contribution in [-0.4, -0.2) is 26.8 Å². The van der Waals surface area contributed by atoms with Gasteiger partial charge in [-0.25, -0.2) is 4.98 Å². The minimum absolute atomic E-state index is 0.186. The second-order valence-corrected chi connectivity index (χ2v) is 5.48. The quantitative estimate of drug-likeness (QED) is 0.897. The molecule has 1 aromatic heterocycles. The van der Waals surface area contributed by atoms with E-state index in [4.69, 9.17) is 0 Å². The summed E-state index contributed by atoms with van der Waals surface area (Å²) in [5.74, 6) is 0. The van der Waals surface area contributed by atoms with Crippen LogP contribution in [0.2, 0.25) is 0 Å². The maximum Gasteiger partial charge on any atom is 0.0991 e. The van der Waals surface area contributed by atoms with Gasteiger partial charge in [0.25, 0.3) is 0 Å². The highest BCUT2D eigenvalue weighted by molar-refractivity contribution is 5.34. The van der Waals surface area contributed by atoms with E-state index in [9.17, 15) is 5.11 Å². The number of hydrogen-bond donors (Lipinski definition) is 2. The van der Waals surface area contributed by atoms with E-state index in [1.165, 1.54) is 12.0 Å². The smallest absolute Gasteiger partial charge is 0.0991 e. The highest BCUT2D eigenvalue weighted by Gasteiger charge is 2.21. The molecule has 20 heavy (non-hydrogen) atoms. The molecular formula is C16H21N3O. The average Bonchev–Trinajstić information content (AvgIpc) is 3.01. The number of aliphatic hydroxyl groups is 1. The number of imidazole rings is 1. The van der Waals surface area contributed by atoms with E-state index < -0.39 is 0 Å². The summed E-state index contributed by atoms with van der Waals surface area (Å²) >= 11 is 0. The summed E-state index contributed by atoms with van der Waals surface area (Å²) in [4.78, 5) is 4.05. The molecule has 1 aromatic carbocycles. The fourth-order valence-electron chi connectivity index (χ4n) is 2.80. The molecule has 0 aliphatic heterocycles. The normalized spacial score (nSPS) is 22.9. The summed E-state index contributed by atoms with van der Waals surface area (Å²) in [7, 11) is 0. The van der Waals surface area contributed by atoms with Gasteiger partial charge in [0.05, 0.1) is 12.4 Å². The summed E-state index contributed by atoms with van der Waals surface area (Å²) < 4.78 is 1.99. The molecule has 3 rings (SSSR count). The van der Waals surface area contributed by atoms with Crippen LogP contribution in [0.1, 0.15) is 31.2 Å². The van der Waals surface area contributed by atoms with Gasteiger partial charge in [0.2, 0.25) is 0 Å². The molecule has 0 amide bonds. The van der Waals surface area contributed by atoms with E-state index in [1.54, 1.807) is 12.5 Å². The predicted molar refractivity (Wildman–Crippen MR) is 78.7 cm³/mol. The molecule has 1 fully saturated rings. The molecule has 2 aromatic rings. The van der Waals surface area contributed by atoms with Crippen LogP contribution in [-0.2, 0) is 6.54 Å². The summed E-state index contributed by atoms with van der Waals surface area (Å²) in [5, 5.41) is 13.4. The number of benzene rings is 1. The van der Waals surface area contributed by atoms with Gasteiger partial charge >= 0.3 is 0 Å². The van der Waals surface area contributed by atoms with E-state index in [1.807, 2.05) is 10.8 Å². The van der Waals surface area contributed by atoms with E-state index in [-0.39, 0.29) is 12.1 Å². The molecule has 0 radical (unpaired) electrons. The van der Waals surface area contributed by atoms with Crippen LogP contribution in [0.3, 0.4) is 0 Å². The third kappa shape index (κ3) is 3.08. The first-order valence-electron chi connectivity index (χ1n) is 7.31. The van der Waals surface area contributed by atoms with Crippen LogP contribution < -0.4 is 5.32 Å². The van der Waals surface area contributed by atoms with Crippen molar-refractivity contribution < 1.29 is 5.11 Å². The lowest BCUT2D eigenvalue weighted by molar-refractivity contribution is 0.0902. The van der Waals surface area contributed by atoms with Crippen LogP contribution in [0.15, 0.2) is 43.0 Å². The number of aliphatic hydroxyl groups excluding tert-OH is 1. The molecule has 2 atom stereocenters. The standard InChI is InChI=1S/C16H21N3O/c20-16-4-2-1-3-15(16)18-11-13-5-7-14(8-6-13)19-10-9-17-12-19/h5-10,12,15-16,18,20H,1-4,11H2/t15-,16+/m0/s1. The topological polar surface area (TPSA) is 50.1 Å². The minimum Gasteiger partial charge on any atom is -0.392 e. The maximum atomic E-state index is 9.94. The summed E-state index contributed by atoms with van der Waals surface area (Å²) in [6.07, 6.45) is 9.70. The molecule has 0 saturated heterocycles. The van der Waals surface area contributed by atoms with Gasteiger partial charge in [0.15, 0.2) is 0 Å². The van der Waals surface area contributed by atoms with Crippen molar-refractivity contribution in [2.75, 3.05) is 0 Å². The number of nitrogens with one attached hydrogen (secondary N) is 1. The first-order valence-corrected chi connectivity index (χ1v) is 7.31. The zero-order chi connectivity index (χ0) is 13.8. The molecule has 1 heterocycles. The van der Waals surface area contributed by atoms with Crippen LogP contribution in [0.25, 0.3) is 5.69 Å². The average molecular weight is 271 g/mol. The number of aromatic nitrogens is 2. The van der Waals surface area contributed by atoms with Crippen molar-refractivity contribution in [1.82, 2.24) is 14.9 Å². The Balaban J connectivity index is 1.58. The highest BCUT2D eigenvalue weighted by Crippen LogP contribution is 2.19. The number of hydrogen-bond acceptors (Lipinski definition) is 3. The Morgan fingerprint density at radius 3 is 2.70 bits per heavy atom. The first-order chi connectivity index (χ1) is 9.83. The van der Waals surface area contributed by atoms with Gasteiger partial charge in [-0.1, -0.05) is 25.0 Å². The van der Waals surface area contributed by atoms with Crippen molar-refractivity contribution in [3.63, 3.8) is 0 Å². The molecule has 0 spiro atoms. The molecular weight excluding hydrogens is 250 g/mol. The first kappa shape index (κ1) is 13.3. The van der Waals surface area contributed by atoms with Gasteiger partial charge in [-0.3, -0.25) is 0 Å². The van der Waals surface area contributed by atoms with Gasteiger partial charge in [0, 0.05) is 30.7 Å². The molecule has 1 saturated carbocycles. The molecule has 2 N–H and O–H groups in total. The molecule has 4 nitrogen and oxygen atoms in total. The zero-order valence-corrected chi connectivity index (χ0v) is 11.6. The fraction of sp³-hybridized carbons (Fsp3) is 0.438. The van der Waals surface area contributed by atoms with Crippen LogP contribution in [0, 0.1) is 0 Å². The lowest BCUT2D eigenvalue weighted by Gasteiger charge is -2.28. The molecule has 0 bridgehead atoms. The molecule has 1 aliphatic rings. The van der Waals surface area contributed by atoms with Crippen LogP contribution in [0.4, 0.5) is 0 Å². The van der Waals surface area contributed by atoms with Crippen molar-refractivity contribution in [3.05, 3.63) is 48.5 Å². The Hall–Kier alpha value is -1.65. The number of rotatable bonds is 4. The van der Waals surface area contributed by atoms with Crippen molar-refractivity contribution in [2.24, 2.45) is 0 Å². The molecule has 0 unspecified atom stereocenters. The Morgan fingerprint density at radius 2 is 2.00 bits per heavy atom. The number of nitrogens with zero attached hydrogens (tertiary/aromatic N) is 2. The summed E-state index contributed by atoms with van der Waals surface area (Å²) in [5.41, 5.74) is 2.36. The van der Waals surface area contributed by atoms with Crippen LogP contribution >= 0.6 is 0 Å². The van der Waals surface area contributed by atoms with Crippen LogP contribution in [0.5, 0.6) is 0 Å². The predicted octanol–water partition coefficient (Wildman–Crippen LogP) is 2.27. The van der Waals surface area contributed by atoms with Crippen molar-refractivity contribution in [1.29, 1.82) is 0 Å². The van der Waals surface area contributed by atoms with Crippen molar-refractivity contribution in [2.45, 2.75) is 44.4 Å². The molecule has 4 heteroatoms. The molecule has 1 aliphatic carbocycles. The monoisotopic (exact) mass is 271 g/mol. The lowest BCUT2D eigenvalue weighted by atomic mass is 9.92. The van der Waals surface area contributed by atoms with Crippen molar-refractivity contribution in [3.8, 4) is 5.69 Å². The van der Waals surface area contributed by atoms with E-state index in [0.29, 0.717) is 0 Å². The third-order valence-electron chi connectivity index (χ3n) is 4.04. The third-order valence-corrected chi connectivity index (χ3v) is 4.04. The SMILES string of the molecule is O[C@@H]1CCCC[C@@H]1NCc1ccc(-n2ccnc2)cc1. The zero-order valence-electron chi connectivity index (χ0n) is 11.6. The van der Waals surface area contributed by atoms with Gasteiger partial charge < -0.3 is 15.0 Å². The van der Waals surface area contributed by atoms with Gasteiger partial charge in [-0.15, -0.1) is 0 Å². The van der Waals surface area contributed by atoms with Gasteiger partial charge in [0.1, 0.15) is 0 Å². The van der Waals surface area contributed by atoms with Gasteiger partial charge in [-0.2, -0.15) is 0 Å². The summed E-state index contributed by atoms with van der Waals surface area (Å²) in [6, 6.07) is 8.68. The van der Waals surface area contributed by atoms with E-state index in [2.05, 4.69) is 34.6 Å². The Labute approximate surface area is 119 Å². The second kappa shape index (κ2) is 6.20. The summed E-state index contributed by atoms with van der Waals surface area (Å²) in [6.45, 7) is 0.811. The highest BCUT2D eigenvalue weighted by atomic mass is 16.3. The Kier molecular flexibility index (Phi) is 4.14. The van der Waals surface area contributed by atoms with E-state index in [0.717, 1.165) is 31.5 Å². The maximum absolute atomic E-state index is 9.94. The fourth-order valence-corrected chi connectivity index (χ4v) is 2.80. The second-order valence-electron chi connectivity index (χ2n) is 5.48. The van der Waals surface area contributed by atoms with E-state index >= 15 is 0 Å². The Morgan fingerprint density at radius 1 is 1.20 bits per heavy atom. The molecule has 106 valence electrons. The largest absolute Gasteiger partial charge is 0.392 e. The Bertz CT molecular complexity index is 521. The lowest BCUT2D eigenvalue weighted by Crippen LogP contribution is -2.41. The minimum atomic E-state index is -0.186.